The molecule has 0 heterocycles. The zero-order chi connectivity index (χ0) is 13.7. The lowest BCUT2D eigenvalue weighted by Gasteiger charge is -2.22. The molecule has 2 heteroatoms. The molecule has 0 aliphatic heterocycles. The molecule has 2 nitrogen and oxygen atoms in total. The predicted molar refractivity (Wildman–Crippen MR) is 77.7 cm³/mol. The van der Waals surface area contributed by atoms with Crippen molar-refractivity contribution < 1.29 is 9.53 Å². The topological polar surface area (TPSA) is 26.3 Å². The van der Waals surface area contributed by atoms with Crippen LogP contribution in [-0.2, 0) is 9.53 Å². The van der Waals surface area contributed by atoms with Crippen LogP contribution in [0, 0.1) is 0 Å². The highest BCUT2D eigenvalue weighted by Crippen LogP contribution is 2.18. The van der Waals surface area contributed by atoms with Crippen molar-refractivity contribution in [2.45, 2.75) is 97.0 Å². The van der Waals surface area contributed by atoms with Crippen LogP contribution in [0.25, 0.3) is 0 Å². The van der Waals surface area contributed by atoms with E-state index in [2.05, 4.69) is 6.92 Å². The van der Waals surface area contributed by atoms with Gasteiger partial charge in [-0.15, -0.1) is 0 Å². The van der Waals surface area contributed by atoms with Gasteiger partial charge < -0.3 is 4.74 Å². The monoisotopic (exact) mass is 256 g/mol. The van der Waals surface area contributed by atoms with Crippen LogP contribution in [0.4, 0.5) is 0 Å². The van der Waals surface area contributed by atoms with E-state index >= 15 is 0 Å². The van der Waals surface area contributed by atoms with Crippen LogP contribution in [0.1, 0.15) is 91.4 Å². The highest BCUT2D eigenvalue weighted by molar-refractivity contribution is 5.38. The third-order valence-corrected chi connectivity index (χ3v) is 3.50. The zero-order valence-corrected chi connectivity index (χ0v) is 12.7. The smallest absolute Gasteiger partial charge is 0.293 e. The molecule has 0 spiro atoms. The van der Waals surface area contributed by atoms with Crippen molar-refractivity contribution in [2.75, 3.05) is 0 Å². The van der Waals surface area contributed by atoms with E-state index in [9.17, 15) is 4.79 Å². The van der Waals surface area contributed by atoms with Gasteiger partial charge in [0.25, 0.3) is 6.47 Å². The van der Waals surface area contributed by atoms with E-state index < -0.39 is 0 Å². The summed E-state index contributed by atoms with van der Waals surface area (Å²) >= 11 is 0. The maximum Gasteiger partial charge on any atom is 0.293 e. The Balaban J connectivity index is 3.18. The summed E-state index contributed by atoms with van der Waals surface area (Å²) in [7, 11) is 0. The molecule has 0 bridgehead atoms. The Bertz CT molecular complexity index is 188. The molecular formula is C16H32O2. The molecule has 0 N–H and O–H groups in total. The molecule has 0 atom stereocenters. The standard InChI is InChI=1S/C16H32O2/c1-4-5-6-7-8-9-10-11-12-13-14-16(2,3)18-15-17/h15H,4-14H2,1-3H3. The van der Waals surface area contributed by atoms with E-state index in [-0.39, 0.29) is 5.60 Å². The largest absolute Gasteiger partial charge is 0.462 e. The summed E-state index contributed by atoms with van der Waals surface area (Å²) in [6, 6.07) is 0. The first kappa shape index (κ1) is 17.5. The minimum absolute atomic E-state index is 0.276. The van der Waals surface area contributed by atoms with Crippen LogP contribution in [-0.4, -0.2) is 12.1 Å². The van der Waals surface area contributed by atoms with E-state index in [0.717, 1.165) is 12.8 Å². The Kier molecular flexibility index (Phi) is 11.2. The summed E-state index contributed by atoms with van der Waals surface area (Å²) in [5.74, 6) is 0. The summed E-state index contributed by atoms with van der Waals surface area (Å²) < 4.78 is 5.03. The lowest BCUT2D eigenvalue weighted by molar-refractivity contribution is -0.140. The van der Waals surface area contributed by atoms with Crippen molar-refractivity contribution in [3.8, 4) is 0 Å². The number of carbonyl (C=O) groups excluding carboxylic acids is 1. The van der Waals surface area contributed by atoms with E-state index in [1.807, 2.05) is 13.8 Å². The number of hydrogen-bond donors (Lipinski definition) is 0. The van der Waals surface area contributed by atoms with Crippen LogP contribution >= 0.6 is 0 Å². The number of rotatable bonds is 13. The second-order valence-electron chi connectivity index (χ2n) is 5.91. The Morgan fingerprint density at radius 2 is 1.28 bits per heavy atom. The van der Waals surface area contributed by atoms with Crippen LogP contribution in [0.2, 0.25) is 0 Å². The average molecular weight is 256 g/mol. The second kappa shape index (κ2) is 11.6. The SMILES string of the molecule is CCCCCCCCCCCCC(C)(C)OC=O. The summed E-state index contributed by atoms with van der Waals surface area (Å²) in [5, 5.41) is 0. The van der Waals surface area contributed by atoms with Gasteiger partial charge in [0.2, 0.25) is 0 Å². The third-order valence-electron chi connectivity index (χ3n) is 3.50. The third kappa shape index (κ3) is 11.9. The lowest BCUT2D eigenvalue weighted by Crippen LogP contribution is -2.23. The zero-order valence-electron chi connectivity index (χ0n) is 12.7. The van der Waals surface area contributed by atoms with Gasteiger partial charge in [0, 0.05) is 0 Å². The average Bonchev–Trinajstić information content (AvgIpc) is 2.31. The molecule has 0 amide bonds. The highest BCUT2D eigenvalue weighted by atomic mass is 16.5. The fourth-order valence-corrected chi connectivity index (χ4v) is 2.23. The van der Waals surface area contributed by atoms with Crippen LogP contribution < -0.4 is 0 Å². The van der Waals surface area contributed by atoms with Gasteiger partial charge in [-0.1, -0.05) is 64.7 Å². The van der Waals surface area contributed by atoms with E-state index in [1.54, 1.807) is 0 Å². The molecule has 0 aliphatic carbocycles. The van der Waals surface area contributed by atoms with Gasteiger partial charge >= 0.3 is 0 Å². The number of hydrogen-bond acceptors (Lipinski definition) is 2. The van der Waals surface area contributed by atoms with Crippen LogP contribution in [0.5, 0.6) is 0 Å². The molecule has 0 aromatic rings. The molecule has 0 aromatic heterocycles. The Labute approximate surface area is 113 Å². The van der Waals surface area contributed by atoms with Crippen molar-refractivity contribution in [3.63, 3.8) is 0 Å². The summed E-state index contributed by atoms with van der Waals surface area (Å²) in [5.41, 5.74) is -0.276. The molecule has 108 valence electrons. The van der Waals surface area contributed by atoms with Gasteiger partial charge in [-0.3, -0.25) is 4.79 Å². The number of unbranched alkanes of at least 4 members (excludes halogenated alkanes) is 9. The second-order valence-corrected chi connectivity index (χ2v) is 5.91. The van der Waals surface area contributed by atoms with E-state index in [4.69, 9.17) is 4.74 Å². The van der Waals surface area contributed by atoms with Crippen molar-refractivity contribution in [2.24, 2.45) is 0 Å². The van der Waals surface area contributed by atoms with Crippen LogP contribution in [0.3, 0.4) is 0 Å². The summed E-state index contributed by atoms with van der Waals surface area (Å²) in [6.45, 7) is 6.79. The summed E-state index contributed by atoms with van der Waals surface area (Å²) in [6.07, 6.45) is 14.4. The maximum absolute atomic E-state index is 10.3. The van der Waals surface area contributed by atoms with Gasteiger partial charge in [-0.2, -0.15) is 0 Å². The van der Waals surface area contributed by atoms with Crippen molar-refractivity contribution in [1.82, 2.24) is 0 Å². The Morgan fingerprint density at radius 3 is 1.72 bits per heavy atom. The van der Waals surface area contributed by atoms with Gasteiger partial charge in [-0.25, -0.2) is 0 Å². The Hall–Kier alpha value is -0.530. The molecule has 0 rings (SSSR count). The molecule has 0 aliphatic rings. The molecule has 0 radical (unpaired) electrons. The molecule has 0 saturated carbocycles. The number of ether oxygens (including phenoxy) is 1. The van der Waals surface area contributed by atoms with Crippen LogP contribution in [0.15, 0.2) is 0 Å². The van der Waals surface area contributed by atoms with Crippen molar-refractivity contribution >= 4 is 6.47 Å². The minimum Gasteiger partial charge on any atom is -0.462 e. The molecule has 0 aromatic carbocycles. The van der Waals surface area contributed by atoms with E-state index in [1.165, 1.54) is 57.8 Å². The molecule has 0 saturated heterocycles. The molecular weight excluding hydrogens is 224 g/mol. The van der Waals surface area contributed by atoms with Gasteiger partial charge in [0.15, 0.2) is 0 Å². The predicted octanol–water partition coefficient (Wildman–Crippen LogP) is 5.25. The van der Waals surface area contributed by atoms with Crippen molar-refractivity contribution in [1.29, 1.82) is 0 Å². The van der Waals surface area contributed by atoms with Gasteiger partial charge in [0.05, 0.1) is 0 Å². The highest BCUT2D eigenvalue weighted by Gasteiger charge is 2.17. The first-order valence-electron chi connectivity index (χ1n) is 7.74. The lowest BCUT2D eigenvalue weighted by atomic mass is 9.99. The summed E-state index contributed by atoms with van der Waals surface area (Å²) in [4.78, 5) is 10.3. The molecule has 0 unspecified atom stereocenters. The number of carbonyl (C=O) groups is 1. The fraction of sp³-hybridized carbons (Fsp3) is 0.938. The van der Waals surface area contributed by atoms with Gasteiger partial charge in [0.1, 0.15) is 5.60 Å². The quantitative estimate of drug-likeness (QED) is 0.332. The van der Waals surface area contributed by atoms with E-state index in [0.29, 0.717) is 6.47 Å². The molecule has 18 heavy (non-hydrogen) atoms. The molecule has 0 fully saturated rings. The normalized spacial score (nSPS) is 11.5. The minimum atomic E-state index is -0.276. The van der Waals surface area contributed by atoms with Crippen molar-refractivity contribution in [3.05, 3.63) is 0 Å². The van der Waals surface area contributed by atoms with Gasteiger partial charge in [-0.05, 0) is 26.7 Å². The maximum atomic E-state index is 10.3. The first-order valence-corrected chi connectivity index (χ1v) is 7.74. The fourth-order valence-electron chi connectivity index (χ4n) is 2.23. The Morgan fingerprint density at radius 1 is 0.833 bits per heavy atom. The first-order chi connectivity index (χ1) is 8.62.